The smallest absolute Gasteiger partial charge is 0.158 e. The molecule has 0 saturated heterocycles. The highest BCUT2D eigenvalue weighted by Crippen LogP contribution is 2.24. The Morgan fingerprint density at radius 2 is 2.04 bits per heavy atom. The van der Waals surface area contributed by atoms with E-state index in [1.807, 2.05) is 37.4 Å². The number of methoxy groups -OCH3 is 1. The Morgan fingerprint density at radius 1 is 1.22 bits per heavy atom. The number of nitrogens with one attached hydrogen (secondary N) is 1. The van der Waals surface area contributed by atoms with E-state index in [0.717, 1.165) is 53.7 Å². The highest BCUT2D eigenvalue weighted by Gasteiger charge is 2.15. The molecule has 0 aliphatic carbocycles. The summed E-state index contributed by atoms with van der Waals surface area (Å²) >= 11 is 0. The van der Waals surface area contributed by atoms with E-state index in [-0.39, 0.29) is 0 Å². The summed E-state index contributed by atoms with van der Waals surface area (Å²) in [6.07, 6.45) is 0.926. The van der Waals surface area contributed by atoms with Gasteiger partial charge in [-0.15, -0.1) is 0 Å². The third kappa shape index (κ3) is 3.05. The van der Waals surface area contributed by atoms with Gasteiger partial charge in [-0.2, -0.15) is 9.61 Å². The van der Waals surface area contributed by atoms with Crippen molar-refractivity contribution < 1.29 is 9.26 Å². The second kappa shape index (κ2) is 6.37. The summed E-state index contributed by atoms with van der Waals surface area (Å²) in [7, 11) is 1.71. The van der Waals surface area contributed by atoms with Gasteiger partial charge in [0.1, 0.15) is 23.0 Å². The Hall–Kier alpha value is -2.41. The van der Waals surface area contributed by atoms with E-state index in [1.165, 1.54) is 0 Å². The van der Waals surface area contributed by atoms with Crippen LogP contribution in [0.25, 0.3) is 17.0 Å². The van der Waals surface area contributed by atoms with Crippen LogP contribution in [0.3, 0.4) is 0 Å². The van der Waals surface area contributed by atoms with Crippen molar-refractivity contribution in [2.75, 3.05) is 25.6 Å². The fourth-order valence-corrected chi connectivity index (χ4v) is 2.44. The molecule has 3 aromatic rings. The van der Waals surface area contributed by atoms with E-state index in [4.69, 9.17) is 9.26 Å². The van der Waals surface area contributed by atoms with E-state index in [9.17, 15) is 0 Å². The first-order valence-corrected chi connectivity index (χ1v) is 7.63. The lowest BCUT2D eigenvalue weighted by molar-refractivity contribution is 0.197. The second-order valence-corrected chi connectivity index (χ2v) is 5.57. The van der Waals surface area contributed by atoms with Gasteiger partial charge in [0, 0.05) is 43.7 Å². The number of nitrogens with zero attached hydrogens (tertiary/aromatic N) is 4. The van der Waals surface area contributed by atoms with Crippen LogP contribution < -0.4 is 5.32 Å². The molecule has 7 nitrogen and oxygen atoms in total. The Morgan fingerprint density at radius 3 is 2.74 bits per heavy atom. The van der Waals surface area contributed by atoms with Crippen LogP contribution in [0, 0.1) is 20.8 Å². The number of hydrogen-bond acceptors (Lipinski definition) is 6. The predicted molar refractivity (Wildman–Crippen MR) is 87.7 cm³/mol. The number of fused-ring (bicyclic) bond motifs is 1. The van der Waals surface area contributed by atoms with Crippen molar-refractivity contribution in [3.8, 4) is 11.4 Å². The number of ether oxygens (including phenoxy) is 1. The van der Waals surface area contributed by atoms with Crippen molar-refractivity contribution >= 4 is 11.5 Å². The van der Waals surface area contributed by atoms with Crippen LogP contribution in [-0.2, 0) is 4.74 Å². The predicted octanol–water partition coefficient (Wildman–Crippen LogP) is 2.76. The molecule has 0 radical (unpaired) electrons. The van der Waals surface area contributed by atoms with Crippen LogP contribution in [0.1, 0.15) is 23.4 Å². The summed E-state index contributed by atoms with van der Waals surface area (Å²) in [5.74, 6) is 1.71. The molecule has 122 valence electrons. The molecule has 0 spiro atoms. The minimum absolute atomic E-state index is 0.716. The quantitative estimate of drug-likeness (QED) is 0.705. The summed E-state index contributed by atoms with van der Waals surface area (Å²) < 4.78 is 12.1. The van der Waals surface area contributed by atoms with Gasteiger partial charge in [0.2, 0.25) is 0 Å². The van der Waals surface area contributed by atoms with Crippen LogP contribution in [0.2, 0.25) is 0 Å². The molecule has 1 N–H and O–H groups in total. The van der Waals surface area contributed by atoms with E-state index >= 15 is 0 Å². The normalized spacial score (nSPS) is 11.3. The summed E-state index contributed by atoms with van der Waals surface area (Å²) in [5.41, 5.74) is 4.32. The maximum Gasteiger partial charge on any atom is 0.158 e. The topological polar surface area (TPSA) is 77.5 Å². The molecule has 0 saturated carbocycles. The van der Waals surface area contributed by atoms with Gasteiger partial charge in [0.05, 0.1) is 0 Å². The molecule has 3 aromatic heterocycles. The molecule has 23 heavy (non-hydrogen) atoms. The third-order valence-electron chi connectivity index (χ3n) is 3.79. The van der Waals surface area contributed by atoms with Gasteiger partial charge in [-0.25, -0.2) is 4.98 Å². The minimum atomic E-state index is 0.716. The number of hydrogen-bond donors (Lipinski definition) is 1. The zero-order chi connectivity index (χ0) is 16.4. The van der Waals surface area contributed by atoms with Crippen molar-refractivity contribution in [2.24, 2.45) is 0 Å². The van der Waals surface area contributed by atoms with Crippen LogP contribution in [0.4, 0.5) is 5.82 Å². The zero-order valence-corrected chi connectivity index (χ0v) is 13.9. The highest BCUT2D eigenvalue weighted by atomic mass is 16.5. The molecular formula is C16H21N5O2. The van der Waals surface area contributed by atoms with Crippen molar-refractivity contribution in [1.29, 1.82) is 0 Å². The van der Waals surface area contributed by atoms with E-state index in [2.05, 4.69) is 20.6 Å². The molecular weight excluding hydrogens is 294 g/mol. The Kier molecular flexibility index (Phi) is 4.29. The van der Waals surface area contributed by atoms with Gasteiger partial charge in [0.25, 0.3) is 0 Å². The average Bonchev–Trinajstić information content (AvgIpc) is 3.13. The first kappa shape index (κ1) is 15.5. The summed E-state index contributed by atoms with van der Waals surface area (Å²) in [6, 6.07) is 3.79. The molecule has 7 heteroatoms. The molecule has 0 aliphatic heterocycles. The van der Waals surface area contributed by atoms with Crippen LogP contribution in [-0.4, -0.2) is 40.0 Å². The van der Waals surface area contributed by atoms with Crippen LogP contribution >= 0.6 is 0 Å². The second-order valence-electron chi connectivity index (χ2n) is 5.57. The molecule has 0 unspecified atom stereocenters. The summed E-state index contributed by atoms with van der Waals surface area (Å²) in [6.45, 7) is 7.44. The highest BCUT2D eigenvalue weighted by molar-refractivity contribution is 5.64. The molecule has 0 atom stereocenters. The minimum Gasteiger partial charge on any atom is -0.385 e. The standard InChI is InChI=1S/C16H21N5O2/c1-10-8-14(20-23-10)13-9-15-18-12(3)11(2)16(21(15)19-13)17-6-5-7-22-4/h8-9,17H,5-7H2,1-4H3. The van der Waals surface area contributed by atoms with Gasteiger partial charge in [-0.1, -0.05) is 5.16 Å². The van der Waals surface area contributed by atoms with E-state index in [0.29, 0.717) is 5.69 Å². The van der Waals surface area contributed by atoms with E-state index < -0.39 is 0 Å². The largest absolute Gasteiger partial charge is 0.385 e. The molecule has 0 amide bonds. The van der Waals surface area contributed by atoms with Gasteiger partial charge in [0.15, 0.2) is 5.65 Å². The first-order chi connectivity index (χ1) is 11.1. The Labute approximate surface area is 134 Å². The van der Waals surface area contributed by atoms with Gasteiger partial charge in [-0.05, 0) is 27.2 Å². The monoisotopic (exact) mass is 315 g/mol. The maximum atomic E-state index is 5.14. The number of anilines is 1. The molecule has 0 aromatic carbocycles. The lowest BCUT2D eigenvalue weighted by Crippen LogP contribution is -2.12. The Bertz CT molecular complexity index is 821. The van der Waals surface area contributed by atoms with E-state index in [1.54, 1.807) is 7.11 Å². The molecule has 0 fully saturated rings. The molecule has 3 rings (SSSR count). The summed E-state index contributed by atoms with van der Waals surface area (Å²) in [4.78, 5) is 4.61. The average molecular weight is 315 g/mol. The maximum absolute atomic E-state index is 5.14. The van der Waals surface area contributed by atoms with Gasteiger partial charge in [-0.3, -0.25) is 0 Å². The lowest BCUT2D eigenvalue weighted by atomic mass is 10.2. The Balaban J connectivity index is 1.99. The first-order valence-electron chi connectivity index (χ1n) is 7.63. The van der Waals surface area contributed by atoms with Crippen molar-refractivity contribution in [2.45, 2.75) is 27.2 Å². The van der Waals surface area contributed by atoms with Gasteiger partial charge >= 0.3 is 0 Å². The fourth-order valence-electron chi connectivity index (χ4n) is 2.44. The number of aromatic nitrogens is 4. The lowest BCUT2D eigenvalue weighted by Gasteiger charge is -2.12. The third-order valence-corrected chi connectivity index (χ3v) is 3.79. The molecule has 0 aliphatic rings. The molecule has 3 heterocycles. The fraction of sp³-hybridized carbons (Fsp3) is 0.438. The van der Waals surface area contributed by atoms with Crippen LogP contribution in [0.5, 0.6) is 0 Å². The van der Waals surface area contributed by atoms with Crippen molar-refractivity contribution in [3.05, 3.63) is 29.2 Å². The van der Waals surface area contributed by atoms with Gasteiger partial charge < -0.3 is 14.6 Å². The SMILES string of the molecule is COCCCNc1c(C)c(C)nc2cc(-c3cc(C)on3)nn12. The summed E-state index contributed by atoms with van der Waals surface area (Å²) in [5, 5.41) is 12.1. The zero-order valence-electron chi connectivity index (χ0n) is 13.9. The number of aryl methyl sites for hydroxylation is 2. The van der Waals surface area contributed by atoms with Crippen LogP contribution in [0.15, 0.2) is 16.7 Å². The molecule has 0 bridgehead atoms. The van der Waals surface area contributed by atoms with Crippen molar-refractivity contribution in [1.82, 2.24) is 19.8 Å². The van der Waals surface area contributed by atoms with Crippen molar-refractivity contribution in [3.63, 3.8) is 0 Å². The number of rotatable bonds is 6.